The predicted octanol–water partition coefficient (Wildman–Crippen LogP) is 0.695. The van der Waals surface area contributed by atoms with Gasteiger partial charge in [0.25, 0.3) is 0 Å². The van der Waals surface area contributed by atoms with E-state index in [4.69, 9.17) is 0 Å². The van der Waals surface area contributed by atoms with Crippen molar-refractivity contribution in [3.63, 3.8) is 0 Å². The number of amides is 1. The van der Waals surface area contributed by atoms with Crippen LogP contribution in [0.4, 0.5) is 0 Å². The molecule has 0 bridgehead atoms. The maximum absolute atomic E-state index is 11.9. The molecule has 1 aliphatic rings. The molecule has 2 N–H and O–H groups in total. The topological polar surface area (TPSA) is 71.8 Å². The largest absolute Gasteiger partial charge is 0.351 e. The van der Waals surface area contributed by atoms with E-state index in [0.717, 1.165) is 30.5 Å². The average molecular weight is 285 g/mol. The molecule has 110 valence electrons. The second-order valence-corrected chi connectivity index (χ2v) is 5.28. The molecule has 3 rings (SSSR count). The molecule has 1 amide bonds. The molecule has 6 heteroatoms. The molecule has 0 radical (unpaired) electrons. The normalized spacial score (nSPS) is 17.8. The van der Waals surface area contributed by atoms with Crippen LogP contribution >= 0.6 is 0 Å². The zero-order chi connectivity index (χ0) is 14.5. The lowest BCUT2D eigenvalue weighted by atomic mass is 10.1. The molecule has 0 aliphatic carbocycles. The summed E-state index contributed by atoms with van der Waals surface area (Å²) in [5.74, 6) is 0.0965. The van der Waals surface area contributed by atoms with Crippen molar-refractivity contribution in [2.75, 3.05) is 6.54 Å². The van der Waals surface area contributed by atoms with Gasteiger partial charge in [-0.05, 0) is 30.5 Å². The van der Waals surface area contributed by atoms with E-state index in [1.165, 1.54) is 6.33 Å². The molecular weight excluding hydrogens is 266 g/mol. The molecule has 1 aromatic heterocycles. The molecule has 2 heterocycles. The van der Waals surface area contributed by atoms with Crippen LogP contribution < -0.4 is 10.6 Å². The zero-order valence-electron chi connectivity index (χ0n) is 11.8. The number of nitrogens with one attached hydrogen (secondary N) is 2. The standard InChI is InChI=1S/C15H19N5O/c21-15(14-2-1-7-17-14)18-8-12-3-5-13(6-4-12)9-20-11-16-10-19-20/h3-6,10-11,14,17H,1-2,7-9H2,(H,18,21). The van der Waals surface area contributed by atoms with E-state index < -0.39 is 0 Å². The summed E-state index contributed by atoms with van der Waals surface area (Å²) in [6.45, 7) is 2.22. The summed E-state index contributed by atoms with van der Waals surface area (Å²) in [6.07, 6.45) is 5.24. The van der Waals surface area contributed by atoms with Crippen molar-refractivity contribution >= 4 is 5.91 Å². The monoisotopic (exact) mass is 285 g/mol. The lowest BCUT2D eigenvalue weighted by Crippen LogP contribution is -2.39. The van der Waals surface area contributed by atoms with Crippen molar-refractivity contribution in [2.45, 2.75) is 32.0 Å². The van der Waals surface area contributed by atoms with Crippen molar-refractivity contribution in [2.24, 2.45) is 0 Å². The van der Waals surface area contributed by atoms with Gasteiger partial charge in [-0.25, -0.2) is 9.67 Å². The Morgan fingerprint density at radius 1 is 1.33 bits per heavy atom. The van der Waals surface area contributed by atoms with Crippen molar-refractivity contribution in [3.05, 3.63) is 48.0 Å². The summed E-state index contributed by atoms with van der Waals surface area (Å²) < 4.78 is 1.78. The van der Waals surface area contributed by atoms with Crippen LogP contribution in [0.3, 0.4) is 0 Å². The quantitative estimate of drug-likeness (QED) is 0.848. The summed E-state index contributed by atoms with van der Waals surface area (Å²) >= 11 is 0. The van der Waals surface area contributed by atoms with E-state index in [1.54, 1.807) is 11.0 Å². The number of hydrogen-bond donors (Lipinski definition) is 2. The van der Waals surface area contributed by atoms with Crippen molar-refractivity contribution in [1.29, 1.82) is 0 Å². The summed E-state index contributed by atoms with van der Waals surface area (Å²) in [5, 5.41) is 10.3. The lowest BCUT2D eigenvalue weighted by Gasteiger charge is -2.11. The van der Waals surface area contributed by atoms with E-state index >= 15 is 0 Å². The second-order valence-electron chi connectivity index (χ2n) is 5.28. The van der Waals surface area contributed by atoms with Crippen molar-refractivity contribution in [3.8, 4) is 0 Å². The highest BCUT2D eigenvalue weighted by atomic mass is 16.2. The number of nitrogens with zero attached hydrogens (tertiary/aromatic N) is 3. The number of carbonyl (C=O) groups excluding carboxylic acids is 1. The summed E-state index contributed by atoms with van der Waals surface area (Å²) in [7, 11) is 0. The van der Waals surface area contributed by atoms with E-state index in [2.05, 4.69) is 32.8 Å². The molecule has 0 spiro atoms. The van der Waals surface area contributed by atoms with Gasteiger partial charge in [0, 0.05) is 6.54 Å². The minimum absolute atomic E-state index is 0.0170. The van der Waals surface area contributed by atoms with E-state index in [1.807, 2.05) is 12.1 Å². The van der Waals surface area contributed by atoms with Gasteiger partial charge in [-0.15, -0.1) is 0 Å². The van der Waals surface area contributed by atoms with E-state index in [9.17, 15) is 4.79 Å². The Balaban J connectivity index is 1.51. The van der Waals surface area contributed by atoms with Gasteiger partial charge in [0.05, 0.1) is 12.6 Å². The van der Waals surface area contributed by atoms with Crippen molar-refractivity contribution in [1.82, 2.24) is 25.4 Å². The third-order valence-corrected chi connectivity index (χ3v) is 3.68. The van der Waals surface area contributed by atoms with Crippen LogP contribution in [0.15, 0.2) is 36.9 Å². The highest BCUT2D eigenvalue weighted by molar-refractivity contribution is 5.81. The smallest absolute Gasteiger partial charge is 0.237 e. The fourth-order valence-corrected chi connectivity index (χ4v) is 2.48. The highest BCUT2D eigenvalue weighted by Crippen LogP contribution is 2.07. The molecule has 0 saturated carbocycles. The molecule has 1 fully saturated rings. The van der Waals surface area contributed by atoms with Gasteiger partial charge in [-0.3, -0.25) is 4.79 Å². The summed E-state index contributed by atoms with van der Waals surface area (Å²) in [4.78, 5) is 15.8. The number of aromatic nitrogens is 3. The van der Waals surface area contributed by atoms with E-state index in [-0.39, 0.29) is 11.9 Å². The third-order valence-electron chi connectivity index (χ3n) is 3.68. The first-order valence-electron chi connectivity index (χ1n) is 7.22. The van der Waals surface area contributed by atoms with Gasteiger partial charge < -0.3 is 10.6 Å². The third kappa shape index (κ3) is 3.66. The predicted molar refractivity (Wildman–Crippen MR) is 78.4 cm³/mol. The minimum Gasteiger partial charge on any atom is -0.351 e. The van der Waals surface area contributed by atoms with Gasteiger partial charge in [0.2, 0.25) is 5.91 Å². The number of hydrogen-bond acceptors (Lipinski definition) is 4. The van der Waals surface area contributed by atoms with Gasteiger partial charge >= 0.3 is 0 Å². The Kier molecular flexibility index (Phi) is 4.25. The van der Waals surface area contributed by atoms with Crippen LogP contribution in [0.2, 0.25) is 0 Å². The van der Waals surface area contributed by atoms with Gasteiger partial charge in [0.15, 0.2) is 0 Å². The Morgan fingerprint density at radius 3 is 2.81 bits per heavy atom. The fraction of sp³-hybridized carbons (Fsp3) is 0.400. The highest BCUT2D eigenvalue weighted by Gasteiger charge is 2.21. The Hall–Kier alpha value is -2.21. The van der Waals surface area contributed by atoms with Crippen LogP contribution in [-0.4, -0.2) is 33.3 Å². The van der Waals surface area contributed by atoms with Gasteiger partial charge in [-0.1, -0.05) is 24.3 Å². The molecule has 1 unspecified atom stereocenters. The van der Waals surface area contributed by atoms with Crippen LogP contribution in [0.1, 0.15) is 24.0 Å². The Morgan fingerprint density at radius 2 is 2.14 bits per heavy atom. The second kappa shape index (κ2) is 6.49. The van der Waals surface area contributed by atoms with Crippen LogP contribution in [0.5, 0.6) is 0 Å². The first-order chi connectivity index (χ1) is 10.3. The van der Waals surface area contributed by atoms with Crippen LogP contribution in [0, 0.1) is 0 Å². The number of rotatable bonds is 5. The molecule has 21 heavy (non-hydrogen) atoms. The Labute approximate surface area is 123 Å². The minimum atomic E-state index is -0.0170. The SMILES string of the molecule is O=C(NCc1ccc(Cn2cncn2)cc1)C1CCCN1. The van der Waals surface area contributed by atoms with Gasteiger partial charge in [-0.2, -0.15) is 5.10 Å². The molecule has 1 atom stereocenters. The first kappa shape index (κ1) is 13.8. The Bertz CT molecular complexity index is 573. The molecule has 2 aromatic rings. The maximum atomic E-state index is 11.9. The number of benzene rings is 1. The summed E-state index contributed by atoms with van der Waals surface area (Å²) in [6, 6.07) is 8.16. The molecular formula is C15H19N5O. The molecule has 6 nitrogen and oxygen atoms in total. The van der Waals surface area contributed by atoms with E-state index in [0.29, 0.717) is 13.1 Å². The van der Waals surface area contributed by atoms with Crippen LogP contribution in [-0.2, 0) is 17.9 Å². The maximum Gasteiger partial charge on any atom is 0.237 e. The molecule has 1 aromatic carbocycles. The zero-order valence-corrected chi connectivity index (χ0v) is 11.8. The first-order valence-corrected chi connectivity index (χ1v) is 7.22. The molecule has 1 saturated heterocycles. The van der Waals surface area contributed by atoms with Crippen molar-refractivity contribution < 1.29 is 4.79 Å². The van der Waals surface area contributed by atoms with Gasteiger partial charge in [0.1, 0.15) is 12.7 Å². The average Bonchev–Trinajstić information content (AvgIpc) is 3.19. The van der Waals surface area contributed by atoms with Crippen LogP contribution in [0.25, 0.3) is 0 Å². The number of carbonyl (C=O) groups is 1. The summed E-state index contributed by atoms with van der Waals surface area (Å²) in [5.41, 5.74) is 2.26. The lowest BCUT2D eigenvalue weighted by molar-refractivity contribution is -0.122. The fourth-order valence-electron chi connectivity index (χ4n) is 2.48. The molecule has 1 aliphatic heterocycles.